The Labute approximate surface area is 123 Å². The van der Waals surface area contributed by atoms with E-state index in [0.717, 1.165) is 18.2 Å². The molecule has 1 unspecified atom stereocenters. The minimum atomic E-state index is -3.43. The molecule has 0 heterocycles. The summed E-state index contributed by atoms with van der Waals surface area (Å²) in [7, 11) is -3.43. The van der Waals surface area contributed by atoms with Crippen LogP contribution in [-0.4, -0.2) is 23.3 Å². The number of azide groups is 1. The molecule has 8 heteroatoms. The fourth-order valence-corrected chi connectivity index (χ4v) is 4.09. The highest BCUT2D eigenvalue weighted by atomic mass is 79.9. The van der Waals surface area contributed by atoms with Gasteiger partial charge in [-0.2, -0.15) is 0 Å². The molecule has 0 N–H and O–H groups in total. The van der Waals surface area contributed by atoms with Crippen molar-refractivity contribution in [2.75, 3.05) is 5.33 Å². The summed E-state index contributed by atoms with van der Waals surface area (Å²) in [6, 6.07) is 0. The Morgan fingerprint density at radius 2 is 1.74 bits per heavy atom. The van der Waals surface area contributed by atoms with Crippen LogP contribution in [-0.2, 0) is 13.6 Å². The zero-order chi connectivity index (χ0) is 14.9. The van der Waals surface area contributed by atoms with Gasteiger partial charge >= 0.3 is 7.60 Å². The van der Waals surface area contributed by atoms with E-state index in [1.54, 1.807) is 27.7 Å². The van der Waals surface area contributed by atoms with Crippen LogP contribution in [0.25, 0.3) is 10.4 Å². The summed E-state index contributed by atoms with van der Waals surface area (Å²) >= 11 is 3.33. The molecule has 0 saturated heterocycles. The fourth-order valence-electron chi connectivity index (χ4n) is 1.51. The van der Waals surface area contributed by atoms with Crippen LogP contribution >= 0.6 is 23.5 Å². The third-order valence-corrected chi connectivity index (χ3v) is 5.19. The van der Waals surface area contributed by atoms with Crippen LogP contribution in [0.2, 0.25) is 0 Å². The Bertz CT molecular complexity index is 332. The maximum Gasteiger partial charge on any atom is 0.340 e. The molecule has 0 aromatic heterocycles. The predicted molar refractivity (Wildman–Crippen MR) is 80.6 cm³/mol. The number of nitrogens with zero attached hydrogens (tertiary/aromatic N) is 3. The topological polar surface area (TPSA) is 84.3 Å². The molecule has 0 saturated carbocycles. The Morgan fingerprint density at radius 1 is 1.21 bits per heavy atom. The third kappa shape index (κ3) is 7.95. The second-order valence-corrected chi connectivity index (χ2v) is 7.61. The maximum atomic E-state index is 12.8. The molecule has 0 fully saturated rings. The predicted octanol–water partition coefficient (Wildman–Crippen LogP) is 5.23. The first-order valence-electron chi connectivity index (χ1n) is 6.42. The lowest BCUT2D eigenvalue weighted by atomic mass is 10.2. The molecule has 0 aliphatic heterocycles. The molecule has 0 aliphatic carbocycles. The van der Waals surface area contributed by atoms with E-state index in [2.05, 4.69) is 26.0 Å². The molecule has 6 nitrogen and oxygen atoms in total. The number of halogens is 1. The average Bonchev–Trinajstić information content (AvgIpc) is 2.25. The summed E-state index contributed by atoms with van der Waals surface area (Å²) in [5.41, 5.74) is 8.64. The van der Waals surface area contributed by atoms with Crippen molar-refractivity contribution >= 4 is 23.5 Å². The van der Waals surface area contributed by atoms with Gasteiger partial charge in [0.25, 0.3) is 0 Å². The van der Waals surface area contributed by atoms with Crippen molar-refractivity contribution in [3.8, 4) is 0 Å². The molecule has 112 valence electrons. The Morgan fingerprint density at radius 3 is 2.11 bits per heavy atom. The zero-order valence-electron chi connectivity index (χ0n) is 12.0. The van der Waals surface area contributed by atoms with E-state index in [0.29, 0.717) is 6.42 Å². The van der Waals surface area contributed by atoms with Gasteiger partial charge in [0.1, 0.15) is 5.78 Å². The van der Waals surface area contributed by atoms with Crippen molar-refractivity contribution in [1.29, 1.82) is 0 Å². The van der Waals surface area contributed by atoms with Crippen molar-refractivity contribution < 1.29 is 13.6 Å². The standard InChI is InChI=1S/C11H23BrN3O3P/c1-9(2)17-19(16,18-10(3)4)11(14-15-13)7-5-6-8-12/h9-11H,5-8H2,1-4H3. The molecular weight excluding hydrogens is 333 g/mol. The number of alkyl halides is 1. The van der Waals surface area contributed by atoms with E-state index in [9.17, 15) is 4.57 Å². The number of unbranched alkanes of at least 4 members (excludes halogenated alkanes) is 1. The third-order valence-electron chi connectivity index (χ3n) is 2.11. The molecule has 0 aromatic carbocycles. The second kappa shape index (κ2) is 9.78. The van der Waals surface area contributed by atoms with Gasteiger partial charge in [-0.25, -0.2) is 0 Å². The van der Waals surface area contributed by atoms with Gasteiger partial charge in [-0.3, -0.25) is 4.57 Å². The molecule has 0 aliphatic rings. The Kier molecular flexibility index (Phi) is 9.75. The molecule has 0 amide bonds. The van der Waals surface area contributed by atoms with Crippen LogP contribution in [0.5, 0.6) is 0 Å². The number of rotatable bonds is 10. The first kappa shape index (κ1) is 18.9. The van der Waals surface area contributed by atoms with E-state index < -0.39 is 13.4 Å². The summed E-state index contributed by atoms with van der Waals surface area (Å²) in [6.07, 6.45) is 1.70. The first-order valence-corrected chi connectivity index (χ1v) is 9.15. The largest absolute Gasteiger partial charge is 0.340 e. The molecule has 0 radical (unpaired) electrons. The number of hydrogen-bond donors (Lipinski definition) is 0. The SMILES string of the molecule is CC(C)OP(=O)(OC(C)C)C(CCCCBr)N=[N+]=[N-]. The van der Waals surface area contributed by atoms with Gasteiger partial charge in [-0.1, -0.05) is 27.5 Å². The van der Waals surface area contributed by atoms with Crippen molar-refractivity contribution in [2.45, 2.75) is 64.9 Å². The minimum absolute atomic E-state index is 0.253. The van der Waals surface area contributed by atoms with Crippen molar-refractivity contribution in [3.05, 3.63) is 10.4 Å². The van der Waals surface area contributed by atoms with Crippen molar-refractivity contribution in [1.82, 2.24) is 0 Å². The molecule has 0 bridgehead atoms. The fraction of sp³-hybridized carbons (Fsp3) is 1.00. The summed E-state index contributed by atoms with van der Waals surface area (Å²) in [5, 5.41) is 4.48. The van der Waals surface area contributed by atoms with Gasteiger partial charge in [-0.15, -0.1) is 0 Å². The molecule has 0 rings (SSSR count). The van der Waals surface area contributed by atoms with Crippen molar-refractivity contribution in [2.24, 2.45) is 5.11 Å². The highest BCUT2D eigenvalue weighted by Gasteiger charge is 2.37. The lowest BCUT2D eigenvalue weighted by molar-refractivity contribution is 0.136. The summed E-state index contributed by atoms with van der Waals surface area (Å²) < 4.78 is 23.7. The van der Waals surface area contributed by atoms with Crippen LogP contribution in [0.15, 0.2) is 5.11 Å². The molecule has 0 aromatic rings. The monoisotopic (exact) mass is 355 g/mol. The van der Waals surface area contributed by atoms with Crippen LogP contribution < -0.4 is 0 Å². The quantitative estimate of drug-likeness (QED) is 0.134. The summed E-state index contributed by atoms with van der Waals surface area (Å²) in [5.74, 6) is -0.763. The normalized spacial score (nSPS) is 13.6. The van der Waals surface area contributed by atoms with Gasteiger partial charge in [0.05, 0.1) is 12.2 Å². The van der Waals surface area contributed by atoms with Gasteiger partial charge in [0, 0.05) is 10.2 Å². The van der Waals surface area contributed by atoms with Gasteiger partial charge in [0.15, 0.2) is 0 Å². The maximum absolute atomic E-state index is 12.8. The lowest BCUT2D eigenvalue weighted by Crippen LogP contribution is -2.16. The van der Waals surface area contributed by atoms with Crippen LogP contribution in [0.4, 0.5) is 0 Å². The van der Waals surface area contributed by atoms with Gasteiger partial charge in [0.2, 0.25) is 0 Å². The highest BCUT2D eigenvalue weighted by Crippen LogP contribution is 2.57. The Balaban J connectivity index is 5.00. The zero-order valence-corrected chi connectivity index (χ0v) is 14.4. The highest BCUT2D eigenvalue weighted by molar-refractivity contribution is 9.09. The second-order valence-electron chi connectivity index (χ2n) is 4.72. The smallest absolute Gasteiger partial charge is 0.306 e. The summed E-state index contributed by atoms with van der Waals surface area (Å²) in [6.45, 7) is 7.12. The molecule has 0 spiro atoms. The number of hydrogen-bond acceptors (Lipinski definition) is 4. The van der Waals surface area contributed by atoms with E-state index in [4.69, 9.17) is 14.6 Å². The van der Waals surface area contributed by atoms with E-state index >= 15 is 0 Å². The van der Waals surface area contributed by atoms with E-state index in [1.165, 1.54) is 0 Å². The summed E-state index contributed by atoms with van der Waals surface area (Å²) in [4.78, 5) is 2.78. The molecular formula is C11H23BrN3O3P. The van der Waals surface area contributed by atoms with E-state index in [-0.39, 0.29) is 12.2 Å². The first-order chi connectivity index (χ1) is 8.85. The Hall–Kier alpha value is -0.0600. The lowest BCUT2D eigenvalue weighted by Gasteiger charge is -2.27. The molecule has 19 heavy (non-hydrogen) atoms. The van der Waals surface area contributed by atoms with Crippen LogP contribution in [0.1, 0.15) is 47.0 Å². The van der Waals surface area contributed by atoms with Crippen LogP contribution in [0, 0.1) is 0 Å². The van der Waals surface area contributed by atoms with E-state index in [1.807, 2.05) is 0 Å². The van der Waals surface area contributed by atoms with Crippen molar-refractivity contribution in [3.63, 3.8) is 0 Å². The van der Waals surface area contributed by atoms with Gasteiger partial charge in [-0.05, 0) is 46.1 Å². The molecule has 1 atom stereocenters. The minimum Gasteiger partial charge on any atom is -0.306 e. The van der Waals surface area contributed by atoms with Crippen LogP contribution in [0.3, 0.4) is 0 Å². The average molecular weight is 356 g/mol. The van der Waals surface area contributed by atoms with Gasteiger partial charge < -0.3 is 9.05 Å².